The monoisotopic (exact) mass is 220 g/mol. The average molecular weight is 220 g/mol. The molecule has 1 aromatic heterocycles. The first kappa shape index (κ1) is 9.99. The van der Waals surface area contributed by atoms with Gasteiger partial charge < -0.3 is 15.4 Å². The number of rotatable bonds is 2. The van der Waals surface area contributed by atoms with Crippen molar-refractivity contribution in [1.29, 1.82) is 0 Å². The minimum absolute atomic E-state index is 0.400. The molecule has 0 spiro atoms. The molecule has 2 aliphatic heterocycles. The van der Waals surface area contributed by atoms with Gasteiger partial charge in [0.25, 0.3) is 0 Å². The van der Waals surface area contributed by atoms with Crippen molar-refractivity contribution in [2.75, 3.05) is 31.2 Å². The minimum Gasteiger partial charge on any atom is -0.381 e. The zero-order valence-electron chi connectivity index (χ0n) is 9.17. The zero-order chi connectivity index (χ0) is 11.0. The molecule has 2 saturated heterocycles. The lowest BCUT2D eigenvalue weighted by atomic mass is 10.0. The number of hydrogen-bond donors (Lipinski definition) is 1. The molecule has 0 aliphatic carbocycles. The van der Waals surface area contributed by atoms with Crippen LogP contribution in [0.3, 0.4) is 0 Å². The van der Waals surface area contributed by atoms with E-state index in [9.17, 15) is 0 Å². The highest BCUT2D eigenvalue weighted by Gasteiger charge is 2.37. The standard InChI is InChI=1S/C11H16N4O/c12-3-10-13-2-1-11(14-10)15-4-8-6-16-7-9(8)5-15/h1-2,8-9H,3-7,12H2. The van der Waals surface area contributed by atoms with Crippen molar-refractivity contribution < 1.29 is 4.74 Å². The molecule has 0 aromatic carbocycles. The molecule has 2 atom stereocenters. The summed E-state index contributed by atoms with van der Waals surface area (Å²) in [4.78, 5) is 10.9. The van der Waals surface area contributed by atoms with Gasteiger partial charge in [-0.15, -0.1) is 0 Å². The third-order valence-electron chi connectivity index (χ3n) is 3.44. The first-order valence-electron chi connectivity index (χ1n) is 5.71. The van der Waals surface area contributed by atoms with Gasteiger partial charge in [0.2, 0.25) is 0 Å². The number of ether oxygens (including phenoxy) is 1. The molecule has 1 aromatic rings. The summed E-state index contributed by atoms with van der Waals surface area (Å²) in [6, 6.07) is 1.96. The Hall–Kier alpha value is -1.20. The maximum Gasteiger partial charge on any atom is 0.144 e. The summed E-state index contributed by atoms with van der Waals surface area (Å²) in [6.45, 7) is 4.29. The van der Waals surface area contributed by atoms with Gasteiger partial charge in [0.1, 0.15) is 11.6 Å². The Balaban J connectivity index is 1.78. The van der Waals surface area contributed by atoms with E-state index in [1.54, 1.807) is 6.20 Å². The van der Waals surface area contributed by atoms with Crippen LogP contribution in [-0.4, -0.2) is 36.3 Å². The first-order chi connectivity index (χ1) is 7.86. The SMILES string of the molecule is NCc1nccc(N2CC3COCC3C2)n1. The van der Waals surface area contributed by atoms with Crippen LogP contribution in [0, 0.1) is 11.8 Å². The Kier molecular flexibility index (Phi) is 2.49. The third-order valence-corrected chi connectivity index (χ3v) is 3.44. The molecule has 3 rings (SSSR count). The van der Waals surface area contributed by atoms with Gasteiger partial charge in [0, 0.05) is 31.1 Å². The molecule has 2 fully saturated rings. The summed E-state index contributed by atoms with van der Waals surface area (Å²) in [5.74, 6) is 3.07. The Bertz CT molecular complexity index is 372. The van der Waals surface area contributed by atoms with Crippen LogP contribution in [0.4, 0.5) is 5.82 Å². The van der Waals surface area contributed by atoms with E-state index < -0.39 is 0 Å². The molecule has 0 saturated carbocycles. The summed E-state index contributed by atoms with van der Waals surface area (Å²) in [6.07, 6.45) is 1.79. The van der Waals surface area contributed by atoms with Gasteiger partial charge in [-0.25, -0.2) is 9.97 Å². The van der Waals surface area contributed by atoms with Gasteiger partial charge >= 0.3 is 0 Å². The maximum absolute atomic E-state index is 5.55. The van der Waals surface area contributed by atoms with E-state index in [0.29, 0.717) is 24.2 Å². The molecule has 16 heavy (non-hydrogen) atoms. The fraction of sp³-hybridized carbons (Fsp3) is 0.636. The lowest BCUT2D eigenvalue weighted by molar-refractivity contribution is 0.177. The predicted molar refractivity (Wildman–Crippen MR) is 59.9 cm³/mol. The number of nitrogens with two attached hydrogens (primary N) is 1. The van der Waals surface area contributed by atoms with E-state index in [0.717, 1.165) is 32.1 Å². The van der Waals surface area contributed by atoms with Crippen LogP contribution in [0.15, 0.2) is 12.3 Å². The lowest BCUT2D eigenvalue weighted by Crippen LogP contribution is -2.23. The quantitative estimate of drug-likeness (QED) is 0.761. The summed E-state index contributed by atoms with van der Waals surface area (Å²) >= 11 is 0. The molecule has 3 heterocycles. The third kappa shape index (κ3) is 1.66. The number of fused-ring (bicyclic) bond motifs is 1. The van der Waals surface area contributed by atoms with Crippen LogP contribution >= 0.6 is 0 Å². The summed E-state index contributed by atoms with van der Waals surface area (Å²) in [5, 5.41) is 0. The second kappa shape index (κ2) is 3.99. The van der Waals surface area contributed by atoms with Gasteiger partial charge in [-0.2, -0.15) is 0 Å². The van der Waals surface area contributed by atoms with E-state index in [1.807, 2.05) is 6.07 Å². The number of hydrogen-bond acceptors (Lipinski definition) is 5. The molecule has 86 valence electrons. The molecule has 0 radical (unpaired) electrons. The molecule has 2 unspecified atom stereocenters. The van der Waals surface area contributed by atoms with Crippen LogP contribution < -0.4 is 10.6 Å². The second-order valence-electron chi connectivity index (χ2n) is 4.50. The molecule has 5 nitrogen and oxygen atoms in total. The smallest absolute Gasteiger partial charge is 0.144 e. The Morgan fingerprint density at radius 1 is 1.38 bits per heavy atom. The van der Waals surface area contributed by atoms with E-state index in [-0.39, 0.29) is 0 Å². The van der Waals surface area contributed by atoms with Crippen molar-refractivity contribution in [3.8, 4) is 0 Å². The highest BCUT2D eigenvalue weighted by atomic mass is 16.5. The molecule has 0 amide bonds. The van der Waals surface area contributed by atoms with Gasteiger partial charge in [-0.05, 0) is 6.07 Å². The second-order valence-corrected chi connectivity index (χ2v) is 4.50. The highest BCUT2D eigenvalue weighted by Crippen LogP contribution is 2.31. The van der Waals surface area contributed by atoms with E-state index in [4.69, 9.17) is 10.5 Å². The number of aromatic nitrogens is 2. The predicted octanol–water partition coefficient (Wildman–Crippen LogP) is 0.0179. The summed E-state index contributed by atoms with van der Waals surface area (Å²) in [5.41, 5.74) is 5.55. The Morgan fingerprint density at radius 3 is 2.81 bits per heavy atom. The highest BCUT2D eigenvalue weighted by molar-refractivity contribution is 5.39. The van der Waals surface area contributed by atoms with Crippen molar-refractivity contribution in [3.05, 3.63) is 18.1 Å². The first-order valence-corrected chi connectivity index (χ1v) is 5.71. The van der Waals surface area contributed by atoms with Gasteiger partial charge in [-0.3, -0.25) is 0 Å². The molecule has 0 bridgehead atoms. The number of anilines is 1. The molecule has 5 heteroatoms. The van der Waals surface area contributed by atoms with Crippen LogP contribution in [0.1, 0.15) is 5.82 Å². The topological polar surface area (TPSA) is 64.3 Å². The van der Waals surface area contributed by atoms with Gasteiger partial charge in [-0.1, -0.05) is 0 Å². The number of nitrogens with zero attached hydrogens (tertiary/aromatic N) is 3. The lowest BCUT2D eigenvalue weighted by Gasteiger charge is -2.18. The maximum atomic E-state index is 5.55. The van der Waals surface area contributed by atoms with Crippen molar-refractivity contribution >= 4 is 5.82 Å². The van der Waals surface area contributed by atoms with Crippen molar-refractivity contribution in [3.63, 3.8) is 0 Å². The van der Waals surface area contributed by atoms with Crippen molar-refractivity contribution in [1.82, 2.24) is 9.97 Å². The minimum atomic E-state index is 0.400. The fourth-order valence-electron chi connectivity index (χ4n) is 2.54. The van der Waals surface area contributed by atoms with E-state index in [2.05, 4.69) is 14.9 Å². The van der Waals surface area contributed by atoms with Gasteiger partial charge in [0.05, 0.1) is 19.8 Å². The Morgan fingerprint density at radius 2 is 2.12 bits per heavy atom. The van der Waals surface area contributed by atoms with Crippen molar-refractivity contribution in [2.24, 2.45) is 17.6 Å². The van der Waals surface area contributed by atoms with Crippen LogP contribution in [0.25, 0.3) is 0 Å². The summed E-state index contributed by atoms with van der Waals surface area (Å²) < 4.78 is 5.46. The normalized spacial score (nSPS) is 28.4. The van der Waals surface area contributed by atoms with Gasteiger partial charge in [0.15, 0.2) is 0 Å². The molecule has 2 aliphatic rings. The average Bonchev–Trinajstić information content (AvgIpc) is 2.89. The largest absolute Gasteiger partial charge is 0.381 e. The van der Waals surface area contributed by atoms with Crippen molar-refractivity contribution in [2.45, 2.75) is 6.54 Å². The molecular weight excluding hydrogens is 204 g/mol. The summed E-state index contributed by atoms with van der Waals surface area (Å²) in [7, 11) is 0. The van der Waals surface area contributed by atoms with E-state index in [1.165, 1.54) is 0 Å². The van der Waals surface area contributed by atoms with Crippen LogP contribution in [0.5, 0.6) is 0 Å². The Labute approximate surface area is 94.6 Å². The fourth-order valence-corrected chi connectivity index (χ4v) is 2.54. The molecule has 2 N–H and O–H groups in total. The zero-order valence-corrected chi connectivity index (χ0v) is 9.17. The van der Waals surface area contributed by atoms with Crippen LogP contribution in [0.2, 0.25) is 0 Å². The molecular formula is C11H16N4O. The van der Waals surface area contributed by atoms with E-state index >= 15 is 0 Å². The van der Waals surface area contributed by atoms with Crippen LogP contribution in [-0.2, 0) is 11.3 Å².